The Bertz CT molecular complexity index is 6010. The normalized spacial score (nSPS) is 13.8. The van der Waals surface area contributed by atoms with Gasteiger partial charge in [0.25, 0.3) is 6.71 Å². The van der Waals surface area contributed by atoms with Crippen molar-refractivity contribution in [2.45, 2.75) is 105 Å². The van der Waals surface area contributed by atoms with E-state index in [1.54, 1.807) is 0 Å². The van der Waals surface area contributed by atoms with E-state index in [-0.39, 0.29) is 34.4 Å². The third-order valence-electron chi connectivity index (χ3n) is 21.4. The largest absolute Gasteiger partial charge is 0.310 e. The van der Waals surface area contributed by atoms with Crippen LogP contribution in [0.3, 0.4) is 0 Å². The van der Waals surface area contributed by atoms with Crippen molar-refractivity contribution in [3.63, 3.8) is 0 Å². The van der Waals surface area contributed by atoms with Crippen LogP contribution in [0.1, 0.15) is 109 Å². The van der Waals surface area contributed by atoms with Crippen LogP contribution in [-0.4, -0.2) is 11.3 Å². The number of anilines is 6. The minimum atomic E-state index is -0.619. The molecule has 18 rings (SSSR count). The number of hydrogen-bond donors (Lipinski definition) is 0. The molecule has 0 N–H and O–H groups in total. The summed E-state index contributed by atoms with van der Waals surface area (Å²) in [5, 5.41) is 10.0. The maximum atomic E-state index is 11.9. The van der Waals surface area contributed by atoms with E-state index in [0.29, 0.717) is 16.8 Å². The molecule has 16 aromatic rings. The summed E-state index contributed by atoms with van der Waals surface area (Å²) in [7, 11) is 0. The fraction of sp³-hybridized carbons (Fsp3) is 0.170. The molecule has 0 amide bonds. The predicted molar refractivity (Wildman–Crippen MR) is 430 cm³/mol. The standard InChI is InChI=1S/C94H80BN3S/c1-91(2,3)64-43-46-70-82(55-64)99-90-89(70)98(88-74(59-32-21-15-22-33-59)51-66(93(7,8)9)52-75(88)60-34-23-16-24-35-60)81-54-67(94(10,11)12)53-80-85(81)95(90)77-47-44-68(96-78-39-26-25-38-69(78)76-48-63-41-40-61-36-27-37-62-42-45-71(86(76)96)84(63)83(61)62)56-79(77)97(80)87-72(57-28-17-13-18-29-57)49-65(92(4,5)6)50-73(87)58-30-19-14-20-31-58/h13-56H,1-12H3/i44D,47D,56D. The number of hydrogen-bond acceptors (Lipinski definition) is 3. The predicted octanol–water partition coefficient (Wildman–Crippen LogP) is 24.8. The van der Waals surface area contributed by atoms with Crippen molar-refractivity contribution in [1.82, 2.24) is 4.57 Å². The summed E-state index contributed by atoms with van der Waals surface area (Å²) in [5.41, 5.74) is 21.6. The van der Waals surface area contributed by atoms with E-state index in [2.05, 4.69) is 346 Å². The van der Waals surface area contributed by atoms with E-state index in [4.69, 9.17) is 0 Å². The molecular formula is C94H80BN3S. The van der Waals surface area contributed by atoms with Crippen LogP contribution in [-0.2, 0) is 21.7 Å². The molecule has 0 atom stereocenters. The lowest BCUT2D eigenvalue weighted by molar-refractivity contribution is 0.590. The quantitative estimate of drug-likeness (QED) is 0.116. The molecule has 5 heteroatoms. The molecule has 14 aromatic carbocycles. The number of fused-ring (bicyclic) bond motifs is 10. The Kier molecular flexibility index (Phi) is 12.8. The monoisotopic (exact) mass is 1300 g/mol. The van der Waals surface area contributed by atoms with Crippen molar-refractivity contribution < 1.29 is 4.11 Å². The van der Waals surface area contributed by atoms with Crippen LogP contribution in [0.2, 0.25) is 0 Å². The Hall–Kier alpha value is -10.5. The highest BCUT2D eigenvalue weighted by atomic mass is 32.1. The summed E-state index contributed by atoms with van der Waals surface area (Å²) in [6.45, 7) is 27.1. The fourth-order valence-electron chi connectivity index (χ4n) is 16.2. The van der Waals surface area contributed by atoms with Crippen LogP contribution in [0, 0.1) is 0 Å². The van der Waals surface area contributed by atoms with Crippen LogP contribution in [0.25, 0.3) is 114 Å². The highest BCUT2D eigenvalue weighted by molar-refractivity contribution is 7.33. The van der Waals surface area contributed by atoms with Crippen LogP contribution in [0.15, 0.2) is 267 Å². The van der Waals surface area contributed by atoms with Gasteiger partial charge in [-0.05, 0) is 171 Å². The Morgan fingerprint density at radius 1 is 0.354 bits per heavy atom. The molecule has 0 radical (unpaired) electrons. The smallest absolute Gasteiger partial charge is 0.264 e. The second-order valence-electron chi connectivity index (χ2n) is 31.8. The molecule has 4 heterocycles. The van der Waals surface area contributed by atoms with Crippen molar-refractivity contribution in [2.75, 3.05) is 9.80 Å². The third-order valence-corrected chi connectivity index (χ3v) is 22.6. The minimum absolute atomic E-state index is 0.00797. The molecule has 0 saturated carbocycles. The van der Waals surface area contributed by atoms with E-state index in [1.165, 1.54) is 22.1 Å². The summed E-state index contributed by atoms with van der Waals surface area (Å²) in [6.07, 6.45) is 0. The summed E-state index contributed by atoms with van der Waals surface area (Å²) in [5.74, 6) is 0. The number of thiophene rings is 1. The summed E-state index contributed by atoms with van der Waals surface area (Å²) in [4.78, 5) is 5.09. The molecule has 2 aliphatic heterocycles. The van der Waals surface area contributed by atoms with Gasteiger partial charge in [0.1, 0.15) is 0 Å². The average molecular weight is 1300 g/mol. The summed E-state index contributed by atoms with van der Waals surface area (Å²) < 4.78 is 39.1. The van der Waals surface area contributed by atoms with E-state index >= 15 is 0 Å². The second-order valence-corrected chi connectivity index (χ2v) is 32.9. The number of aromatic nitrogens is 1. The van der Waals surface area contributed by atoms with Crippen molar-refractivity contribution in [2.24, 2.45) is 0 Å². The SMILES string of the molecule is [2H]c1c([2H])c(-n2c3ccccc3c3cc4ccc5cccc6ccc(c4c56)c32)c([2H])c2c1B1c3sc4cc(C(C)(C)C)ccc4c3N(c3c(-c4ccccc4)cc(C(C)(C)C)cc3-c3ccccc3)c3cc(C(C)(C)C)cc(c31)N2c1c(-c2ccccc2)cc(C(C)(C)C)cc1-c1ccccc1. The first-order chi connectivity index (χ1) is 48.9. The first-order valence-electron chi connectivity index (χ1n) is 36.6. The topological polar surface area (TPSA) is 11.4 Å². The molecule has 0 bridgehead atoms. The van der Waals surface area contributed by atoms with Gasteiger partial charge in [-0.3, -0.25) is 0 Å². The summed E-state index contributed by atoms with van der Waals surface area (Å²) in [6, 6.07) is 92.1. The molecule has 2 aromatic heterocycles. The lowest BCUT2D eigenvalue weighted by Gasteiger charge is -2.46. The molecule has 99 heavy (non-hydrogen) atoms. The van der Waals surface area contributed by atoms with E-state index < -0.39 is 12.1 Å². The molecule has 0 saturated heterocycles. The lowest BCUT2D eigenvalue weighted by atomic mass is 9.36. The van der Waals surface area contributed by atoms with Gasteiger partial charge in [-0.25, -0.2) is 0 Å². The number of rotatable bonds is 7. The van der Waals surface area contributed by atoms with Crippen molar-refractivity contribution in [3.05, 3.63) is 289 Å². The Morgan fingerprint density at radius 2 is 0.818 bits per heavy atom. The highest BCUT2D eigenvalue weighted by Gasteiger charge is 2.48. The maximum Gasteiger partial charge on any atom is 0.264 e. The van der Waals surface area contributed by atoms with Gasteiger partial charge in [0.15, 0.2) is 0 Å². The summed E-state index contributed by atoms with van der Waals surface area (Å²) >= 11 is 1.81. The van der Waals surface area contributed by atoms with Gasteiger partial charge >= 0.3 is 0 Å². The number of nitrogens with zero attached hydrogens (tertiary/aromatic N) is 3. The minimum Gasteiger partial charge on any atom is -0.310 e. The Labute approximate surface area is 590 Å². The molecule has 3 nitrogen and oxygen atoms in total. The van der Waals surface area contributed by atoms with Gasteiger partial charge < -0.3 is 14.4 Å². The van der Waals surface area contributed by atoms with Gasteiger partial charge in [0.05, 0.1) is 32.2 Å². The average Bonchev–Trinajstić information content (AvgIpc) is 1.21. The second kappa shape index (κ2) is 22.0. The van der Waals surface area contributed by atoms with Gasteiger partial charge in [-0.1, -0.05) is 283 Å². The zero-order valence-electron chi connectivity index (χ0n) is 61.5. The number of benzene rings is 14. The molecule has 480 valence electrons. The van der Waals surface area contributed by atoms with Gasteiger partial charge in [-0.2, -0.15) is 0 Å². The molecule has 0 aliphatic carbocycles. The van der Waals surface area contributed by atoms with Crippen molar-refractivity contribution in [1.29, 1.82) is 0 Å². The molecular weight excluding hydrogens is 1210 g/mol. The first-order valence-corrected chi connectivity index (χ1v) is 35.9. The first kappa shape index (κ1) is 57.6. The molecule has 0 fully saturated rings. The zero-order chi connectivity index (χ0) is 70.4. The zero-order valence-corrected chi connectivity index (χ0v) is 59.3. The Morgan fingerprint density at radius 3 is 1.35 bits per heavy atom. The van der Waals surface area contributed by atoms with Gasteiger partial charge in [0.2, 0.25) is 0 Å². The van der Waals surface area contributed by atoms with Crippen molar-refractivity contribution >= 4 is 132 Å². The molecule has 0 spiro atoms. The maximum absolute atomic E-state index is 11.9. The number of para-hydroxylation sites is 1. The van der Waals surface area contributed by atoms with E-state index in [0.717, 1.165) is 148 Å². The van der Waals surface area contributed by atoms with Crippen LogP contribution in [0.4, 0.5) is 34.1 Å². The van der Waals surface area contributed by atoms with Gasteiger partial charge in [0, 0.05) is 76.0 Å². The van der Waals surface area contributed by atoms with Crippen LogP contribution >= 0.6 is 11.3 Å². The van der Waals surface area contributed by atoms with E-state index in [1.807, 2.05) is 11.3 Å². The highest BCUT2D eigenvalue weighted by Crippen LogP contribution is 2.57. The molecule has 2 aliphatic rings. The van der Waals surface area contributed by atoms with E-state index in [9.17, 15) is 4.11 Å². The van der Waals surface area contributed by atoms with Crippen molar-refractivity contribution in [3.8, 4) is 50.2 Å². The third kappa shape index (κ3) is 9.58. The fourth-order valence-corrected chi connectivity index (χ4v) is 17.5. The van der Waals surface area contributed by atoms with Crippen LogP contribution < -0.4 is 25.5 Å². The lowest BCUT2D eigenvalue weighted by Crippen LogP contribution is -2.60. The molecule has 0 unspecified atom stereocenters. The van der Waals surface area contributed by atoms with Gasteiger partial charge in [-0.15, -0.1) is 11.3 Å². The Balaban J connectivity index is 1.07. The van der Waals surface area contributed by atoms with Crippen LogP contribution in [0.5, 0.6) is 0 Å².